The summed E-state index contributed by atoms with van der Waals surface area (Å²) >= 11 is 0. The van der Waals surface area contributed by atoms with Crippen LogP contribution in [0.2, 0.25) is 0 Å². The molecule has 1 aliphatic carbocycles. The van der Waals surface area contributed by atoms with Crippen LogP contribution in [0.25, 0.3) is 0 Å². The number of sulfonamides is 1. The molecule has 116 valence electrons. The summed E-state index contributed by atoms with van der Waals surface area (Å²) < 4.78 is 26.7. The minimum absolute atomic E-state index is 0.00407. The first kappa shape index (κ1) is 15.7. The number of aromatic carboxylic acids is 1. The van der Waals surface area contributed by atoms with Gasteiger partial charge in [-0.25, -0.2) is 17.9 Å². The van der Waals surface area contributed by atoms with Crippen LogP contribution in [0.1, 0.15) is 29.6 Å². The van der Waals surface area contributed by atoms with Crippen molar-refractivity contribution in [2.45, 2.75) is 24.2 Å². The third-order valence-corrected chi connectivity index (χ3v) is 5.14. The van der Waals surface area contributed by atoms with E-state index in [1.807, 2.05) is 0 Å². The van der Waals surface area contributed by atoms with Crippen molar-refractivity contribution in [2.24, 2.45) is 5.41 Å². The van der Waals surface area contributed by atoms with E-state index in [0.29, 0.717) is 6.42 Å². The molecule has 1 fully saturated rings. The van der Waals surface area contributed by atoms with Crippen molar-refractivity contribution in [2.75, 3.05) is 13.2 Å². The lowest BCUT2D eigenvalue weighted by atomic mass is 10.0. The number of phenols is 1. The lowest BCUT2D eigenvalue weighted by Crippen LogP contribution is -2.31. The van der Waals surface area contributed by atoms with Crippen LogP contribution in [0.5, 0.6) is 5.75 Å². The van der Waals surface area contributed by atoms with Gasteiger partial charge < -0.3 is 15.3 Å². The molecular formula is C13H17NO6S. The maximum Gasteiger partial charge on any atom is 0.339 e. The molecule has 21 heavy (non-hydrogen) atoms. The molecule has 0 aromatic heterocycles. The molecule has 0 heterocycles. The van der Waals surface area contributed by atoms with Crippen molar-refractivity contribution < 1.29 is 28.5 Å². The molecule has 4 N–H and O–H groups in total. The summed E-state index contributed by atoms with van der Waals surface area (Å²) in [6.07, 6.45) is 2.24. The van der Waals surface area contributed by atoms with Gasteiger partial charge in [0.25, 0.3) is 0 Å². The second-order valence-electron chi connectivity index (χ2n) is 5.28. The Morgan fingerprint density at radius 1 is 1.33 bits per heavy atom. The highest BCUT2D eigenvalue weighted by molar-refractivity contribution is 7.89. The van der Waals surface area contributed by atoms with Gasteiger partial charge in [-0.05, 0) is 42.9 Å². The van der Waals surface area contributed by atoms with Gasteiger partial charge in [-0.15, -0.1) is 0 Å². The zero-order valence-electron chi connectivity index (χ0n) is 11.2. The van der Waals surface area contributed by atoms with Gasteiger partial charge >= 0.3 is 5.97 Å². The molecule has 0 saturated heterocycles. The molecular weight excluding hydrogens is 298 g/mol. The van der Waals surface area contributed by atoms with E-state index in [4.69, 9.17) is 10.2 Å². The number of aliphatic hydroxyl groups excluding tert-OH is 1. The van der Waals surface area contributed by atoms with Crippen molar-refractivity contribution in [3.8, 4) is 5.75 Å². The highest BCUT2D eigenvalue weighted by Gasteiger charge is 2.42. The molecule has 0 amide bonds. The van der Waals surface area contributed by atoms with Crippen molar-refractivity contribution in [1.29, 1.82) is 0 Å². The molecule has 0 aliphatic heterocycles. The summed E-state index contributed by atoms with van der Waals surface area (Å²) in [7, 11) is -3.85. The maximum absolute atomic E-state index is 12.1. The normalized spacial score (nSPS) is 16.6. The SMILES string of the molecule is O=C(O)c1cc(S(=O)(=O)NCC2(CCO)CC2)ccc1O. The molecule has 7 nitrogen and oxygen atoms in total. The standard InChI is InChI=1S/C13H17NO6S/c15-6-5-13(3-4-13)8-14-21(19,20)9-1-2-11(16)10(7-9)12(17)18/h1-2,7,14-16H,3-6,8H2,(H,17,18). The number of carboxylic acids is 1. The lowest BCUT2D eigenvalue weighted by molar-refractivity contribution is 0.0693. The first-order valence-electron chi connectivity index (χ1n) is 6.46. The molecule has 0 atom stereocenters. The Kier molecular flexibility index (Phi) is 4.22. The predicted octanol–water partition coefficient (Wildman–Crippen LogP) is 0.531. The number of hydrogen-bond acceptors (Lipinski definition) is 5. The number of rotatable bonds is 7. The number of hydrogen-bond donors (Lipinski definition) is 4. The van der Waals surface area contributed by atoms with Gasteiger partial charge in [0.2, 0.25) is 10.0 Å². The Hall–Kier alpha value is -1.64. The van der Waals surface area contributed by atoms with E-state index in [2.05, 4.69) is 4.72 Å². The number of benzene rings is 1. The van der Waals surface area contributed by atoms with Crippen molar-refractivity contribution in [3.63, 3.8) is 0 Å². The molecule has 2 rings (SSSR count). The van der Waals surface area contributed by atoms with Gasteiger partial charge in [-0.3, -0.25) is 0 Å². The largest absolute Gasteiger partial charge is 0.507 e. The third kappa shape index (κ3) is 3.52. The predicted molar refractivity (Wildman–Crippen MR) is 73.6 cm³/mol. The Bertz CT molecular complexity index is 651. The van der Waals surface area contributed by atoms with Crippen LogP contribution in [0.4, 0.5) is 0 Å². The second kappa shape index (κ2) is 5.63. The lowest BCUT2D eigenvalue weighted by Gasteiger charge is -2.15. The first-order valence-corrected chi connectivity index (χ1v) is 7.95. The number of nitrogens with one attached hydrogen (secondary N) is 1. The van der Waals surface area contributed by atoms with Gasteiger partial charge in [0.1, 0.15) is 11.3 Å². The molecule has 1 aromatic carbocycles. The van der Waals surface area contributed by atoms with E-state index in [9.17, 15) is 18.3 Å². The highest BCUT2D eigenvalue weighted by atomic mass is 32.2. The Balaban J connectivity index is 2.16. The van der Waals surface area contributed by atoms with Gasteiger partial charge in [-0.1, -0.05) is 0 Å². The van der Waals surface area contributed by atoms with Crippen molar-refractivity contribution in [1.82, 2.24) is 4.72 Å². The van der Waals surface area contributed by atoms with E-state index in [1.54, 1.807) is 0 Å². The second-order valence-corrected chi connectivity index (χ2v) is 7.05. The Labute approximate surface area is 122 Å². The molecule has 1 aliphatic rings. The van der Waals surface area contributed by atoms with Crippen LogP contribution >= 0.6 is 0 Å². The zero-order valence-corrected chi connectivity index (χ0v) is 12.1. The summed E-state index contributed by atoms with van der Waals surface area (Å²) in [5, 5.41) is 27.2. The fourth-order valence-corrected chi connectivity index (χ4v) is 3.30. The quantitative estimate of drug-likeness (QED) is 0.582. The fraction of sp³-hybridized carbons (Fsp3) is 0.462. The number of aromatic hydroxyl groups is 1. The Morgan fingerprint density at radius 2 is 2.00 bits per heavy atom. The van der Waals surface area contributed by atoms with E-state index >= 15 is 0 Å². The maximum atomic E-state index is 12.1. The minimum atomic E-state index is -3.85. The summed E-state index contributed by atoms with van der Waals surface area (Å²) in [6.45, 7) is 0.212. The average molecular weight is 315 g/mol. The zero-order chi connectivity index (χ0) is 15.7. The fourth-order valence-electron chi connectivity index (χ4n) is 2.11. The van der Waals surface area contributed by atoms with Crippen LogP contribution in [0.3, 0.4) is 0 Å². The molecule has 8 heteroatoms. The molecule has 1 saturated carbocycles. The van der Waals surface area contributed by atoms with Gasteiger partial charge in [-0.2, -0.15) is 0 Å². The monoisotopic (exact) mass is 315 g/mol. The van der Waals surface area contributed by atoms with Crippen LogP contribution in [0, 0.1) is 5.41 Å². The van der Waals surface area contributed by atoms with Crippen LogP contribution in [-0.2, 0) is 10.0 Å². The minimum Gasteiger partial charge on any atom is -0.507 e. The van der Waals surface area contributed by atoms with Crippen molar-refractivity contribution in [3.05, 3.63) is 23.8 Å². The van der Waals surface area contributed by atoms with Crippen LogP contribution in [-0.4, -0.2) is 42.9 Å². The topological polar surface area (TPSA) is 124 Å². The number of carbonyl (C=O) groups is 1. The highest BCUT2D eigenvalue weighted by Crippen LogP contribution is 2.48. The Morgan fingerprint density at radius 3 is 2.52 bits per heavy atom. The van der Waals surface area contributed by atoms with E-state index in [1.165, 1.54) is 0 Å². The molecule has 0 radical (unpaired) electrons. The summed E-state index contributed by atoms with van der Waals surface area (Å²) in [4.78, 5) is 10.7. The van der Waals surface area contributed by atoms with Gasteiger partial charge in [0.15, 0.2) is 0 Å². The number of carboxylic acid groups (broad SMARTS) is 1. The number of aliphatic hydroxyl groups is 1. The first-order chi connectivity index (χ1) is 9.80. The molecule has 0 bridgehead atoms. The smallest absolute Gasteiger partial charge is 0.339 e. The summed E-state index contributed by atoms with van der Waals surface area (Å²) in [5.41, 5.74) is -0.650. The van der Waals surface area contributed by atoms with Crippen molar-refractivity contribution >= 4 is 16.0 Å². The molecule has 0 unspecified atom stereocenters. The van der Waals surface area contributed by atoms with Crippen LogP contribution < -0.4 is 4.72 Å². The van der Waals surface area contributed by atoms with Crippen LogP contribution in [0.15, 0.2) is 23.1 Å². The average Bonchev–Trinajstić information content (AvgIpc) is 3.17. The van der Waals surface area contributed by atoms with E-state index in [0.717, 1.165) is 31.0 Å². The van der Waals surface area contributed by atoms with E-state index in [-0.39, 0.29) is 23.5 Å². The van der Waals surface area contributed by atoms with E-state index < -0.39 is 27.3 Å². The summed E-state index contributed by atoms with van der Waals surface area (Å²) in [6, 6.07) is 3.11. The molecule has 0 spiro atoms. The van der Waals surface area contributed by atoms with Gasteiger partial charge in [0.05, 0.1) is 4.90 Å². The third-order valence-electron chi connectivity index (χ3n) is 3.75. The summed E-state index contributed by atoms with van der Waals surface area (Å²) in [5.74, 6) is -1.89. The molecule has 1 aromatic rings. The van der Waals surface area contributed by atoms with Gasteiger partial charge in [0, 0.05) is 13.2 Å².